The molecule has 0 atom stereocenters. The van der Waals surface area contributed by atoms with E-state index in [9.17, 15) is 9.18 Å². The van der Waals surface area contributed by atoms with Crippen LogP contribution in [0.4, 0.5) is 10.1 Å². The number of benzene rings is 1. The molecule has 98 valence electrons. The third-order valence-corrected chi connectivity index (χ3v) is 2.71. The van der Waals surface area contributed by atoms with Gasteiger partial charge >= 0.3 is 5.97 Å². The van der Waals surface area contributed by atoms with E-state index in [-0.39, 0.29) is 27.3 Å². The van der Waals surface area contributed by atoms with Gasteiger partial charge in [0, 0.05) is 10.6 Å². The van der Waals surface area contributed by atoms with Crippen LogP contribution in [-0.2, 0) is 0 Å². The summed E-state index contributed by atoms with van der Waals surface area (Å²) < 4.78 is 13.8. The maximum Gasteiger partial charge on any atom is 0.356 e. The summed E-state index contributed by atoms with van der Waals surface area (Å²) in [6.07, 6.45) is 0. The number of nitrogens with zero attached hydrogens (tertiary/aromatic N) is 2. The Labute approximate surface area is 116 Å². The molecule has 0 saturated heterocycles. The fourth-order valence-electron chi connectivity index (χ4n) is 1.49. The van der Waals surface area contributed by atoms with Crippen molar-refractivity contribution >= 4 is 34.9 Å². The van der Waals surface area contributed by atoms with Gasteiger partial charge in [-0.05, 0) is 29.8 Å². The largest absolute Gasteiger partial charge is 0.476 e. The van der Waals surface area contributed by atoms with E-state index in [2.05, 4.69) is 9.97 Å². The average molecular weight is 302 g/mol. The Balaban J connectivity index is 2.72. The molecule has 0 saturated carbocycles. The lowest BCUT2D eigenvalue weighted by atomic mass is 10.1. The maximum absolute atomic E-state index is 13.8. The summed E-state index contributed by atoms with van der Waals surface area (Å²) in [5, 5.41) is 8.79. The van der Waals surface area contributed by atoms with Crippen LogP contribution in [0.5, 0.6) is 0 Å². The second-order valence-corrected chi connectivity index (χ2v) is 4.31. The third kappa shape index (κ3) is 2.59. The van der Waals surface area contributed by atoms with Crippen molar-refractivity contribution in [3.63, 3.8) is 0 Å². The molecule has 0 radical (unpaired) electrons. The lowest BCUT2D eigenvalue weighted by Crippen LogP contribution is -2.09. The summed E-state index contributed by atoms with van der Waals surface area (Å²) in [6.45, 7) is 0. The van der Waals surface area contributed by atoms with Gasteiger partial charge < -0.3 is 10.8 Å². The predicted molar refractivity (Wildman–Crippen MR) is 68.8 cm³/mol. The van der Waals surface area contributed by atoms with Crippen LogP contribution in [0.3, 0.4) is 0 Å². The van der Waals surface area contributed by atoms with Crippen molar-refractivity contribution < 1.29 is 14.3 Å². The number of hydrogen-bond acceptors (Lipinski definition) is 4. The van der Waals surface area contributed by atoms with Gasteiger partial charge in [0.05, 0.1) is 5.69 Å². The van der Waals surface area contributed by atoms with Crippen LogP contribution in [-0.4, -0.2) is 21.0 Å². The molecule has 5 nitrogen and oxygen atoms in total. The smallest absolute Gasteiger partial charge is 0.356 e. The molecule has 2 aromatic rings. The topological polar surface area (TPSA) is 89.1 Å². The van der Waals surface area contributed by atoms with Gasteiger partial charge in [-0.15, -0.1) is 0 Å². The minimum atomic E-state index is -1.38. The second kappa shape index (κ2) is 4.99. The van der Waals surface area contributed by atoms with Crippen LogP contribution < -0.4 is 5.73 Å². The minimum absolute atomic E-state index is 0.00583. The zero-order valence-electron chi connectivity index (χ0n) is 9.19. The Morgan fingerprint density at radius 3 is 2.58 bits per heavy atom. The van der Waals surface area contributed by atoms with Crippen molar-refractivity contribution in [2.75, 3.05) is 5.73 Å². The molecule has 0 amide bonds. The molecule has 0 aliphatic carbocycles. The van der Waals surface area contributed by atoms with Gasteiger partial charge in [-0.1, -0.05) is 11.6 Å². The highest BCUT2D eigenvalue weighted by molar-refractivity contribution is 6.30. The molecule has 2 rings (SSSR count). The van der Waals surface area contributed by atoms with Crippen molar-refractivity contribution in [1.82, 2.24) is 9.97 Å². The lowest BCUT2D eigenvalue weighted by Gasteiger charge is -2.08. The number of anilines is 1. The number of nitrogen functional groups attached to an aromatic ring is 1. The second-order valence-electron chi connectivity index (χ2n) is 3.53. The number of aromatic nitrogens is 2. The van der Waals surface area contributed by atoms with Gasteiger partial charge in [0.1, 0.15) is 11.5 Å². The van der Waals surface area contributed by atoms with Crippen molar-refractivity contribution in [2.24, 2.45) is 0 Å². The minimum Gasteiger partial charge on any atom is -0.476 e. The average Bonchev–Trinajstić information content (AvgIpc) is 2.32. The highest BCUT2D eigenvalue weighted by Gasteiger charge is 2.19. The van der Waals surface area contributed by atoms with Crippen LogP contribution in [0.25, 0.3) is 11.3 Å². The first-order chi connectivity index (χ1) is 8.90. The molecule has 1 heterocycles. The van der Waals surface area contributed by atoms with Gasteiger partial charge in [0.2, 0.25) is 5.28 Å². The number of carboxylic acids is 1. The van der Waals surface area contributed by atoms with Crippen LogP contribution in [0.2, 0.25) is 10.3 Å². The number of hydrogen-bond donors (Lipinski definition) is 2. The van der Waals surface area contributed by atoms with Crippen LogP contribution >= 0.6 is 23.2 Å². The fraction of sp³-hybridized carbons (Fsp3) is 0. The lowest BCUT2D eigenvalue weighted by molar-refractivity contribution is 0.0691. The zero-order valence-corrected chi connectivity index (χ0v) is 10.7. The zero-order chi connectivity index (χ0) is 14.2. The van der Waals surface area contributed by atoms with Crippen LogP contribution in [0, 0.1) is 5.82 Å². The Bertz CT molecular complexity index is 679. The van der Waals surface area contributed by atoms with E-state index in [1.54, 1.807) is 0 Å². The number of halogens is 3. The molecule has 0 bridgehead atoms. The molecule has 1 aromatic carbocycles. The predicted octanol–water partition coefficient (Wildman–Crippen LogP) is 2.87. The Kier molecular flexibility index (Phi) is 3.55. The Morgan fingerprint density at radius 2 is 2.00 bits per heavy atom. The number of aromatic carboxylic acids is 1. The van der Waals surface area contributed by atoms with Crippen LogP contribution in [0.15, 0.2) is 18.2 Å². The van der Waals surface area contributed by atoms with E-state index >= 15 is 0 Å². The molecule has 0 aliphatic heterocycles. The maximum atomic E-state index is 13.8. The Hall–Kier alpha value is -1.92. The number of nitrogens with two attached hydrogens (primary N) is 1. The van der Waals surface area contributed by atoms with Gasteiger partial charge in [-0.2, -0.15) is 0 Å². The van der Waals surface area contributed by atoms with E-state index < -0.39 is 17.5 Å². The van der Waals surface area contributed by atoms with Gasteiger partial charge in [0.25, 0.3) is 0 Å². The summed E-state index contributed by atoms with van der Waals surface area (Å²) in [7, 11) is 0. The Morgan fingerprint density at radius 1 is 1.32 bits per heavy atom. The molecule has 1 aromatic heterocycles. The molecular formula is C11H6Cl2FN3O2. The fourth-order valence-corrected chi connectivity index (χ4v) is 1.82. The van der Waals surface area contributed by atoms with E-state index in [1.165, 1.54) is 12.1 Å². The first-order valence-corrected chi connectivity index (χ1v) is 5.67. The molecule has 0 unspecified atom stereocenters. The normalized spacial score (nSPS) is 10.5. The monoisotopic (exact) mass is 301 g/mol. The summed E-state index contributed by atoms with van der Waals surface area (Å²) >= 11 is 11.2. The highest BCUT2D eigenvalue weighted by Crippen LogP contribution is 2.30. The number of carboxylic acid groups (broad SMARTS) is 1. The van der Waals surface area contributed by atoms with Crippen molar-refractivity contribution in [1.29, 1.82) is 0 Å². The standard InChI is InChI=1S/C11H6Cl2FN3O2/c12-4-1-2-5(6(14)3-4)8-7(15)9(10(18)19)17-11(13)16-8/h1-3H,15H2,(H,18,19). The van der Waals surface area contributed by atoms with Crippen molar-refractivity contribution in [3.05, 3.63) is 40.0 Å². The SMILES string of the molecule is Nc1c(C(=O)O)nc(Cl)nc1-c1ccc(Cl)cc1F. The van der Waals surface area contributed by atoms with E-state index in [0.29, 0.717) is 0 Å². The van der Waals surface area contributed by atoms with Crippen molar-refractivity contribution in [3.8, 4) is 11.3 Å². The summed E-state index contributed by atoms with van der Waals surface area (Å²) in [4.78, 5) is 18.2. The first-order valence-electron chi connectivity index (χ1n) is 4.92. The number of rotatable bonds is 2. The summed E-state index contributed by atoms with van der Waals surface area (Å²) in [5.74, 6) is -2.07. The van der Waals surface area contributed by atoms with E-state index in [4.69, 9.17) is 34.0 Å². The van der Waals surface area contributed by atoms with Crippen LogP contribution in [0.1, 0.15) is 10.5 Å². The first kappa shape index (κ1) is 13.5. The van der Waals surface area contributed by atoms with Gasteiger partial charge in [-0.3, -0.25) is 0 Å². The van der Waals surface area contributed by atoms with Crippen molar-refractivity contribution in [2.45, 2.75) is 0 Å². The third-order valence-electron chi connectivity index (χ3n) is 2.31. The summed E-state index contributed by atoms with van der Waals surface area (Å²) in [6, 6.07) is 3.82. The molecular weight excluding hydrogens is 296 g/mol. The highest BCUT2D eigenvalue weighted by atomic mass is 35.5. The van der Waals surface area contributed by atoms with E-state index in [0.717, 1.165) is 6.07 Å². The molecule has 8 heteroatoms. The van der Waals surface area contributed by atoms with E-state index in [1.807, 2.05) is 0 Å². The molecule has 19 heavy (non-hydrogen) atoms. The molecule has 3 N–H and O–H groups in total. The molecule has 0 aliphatic rings. The summed E-state index contributed by atoms with van der Waals surface area (Å²) in [5.41, 5.74) is 4.78. The van der Waals surface area contributed by atoms with Gasteiger partial charge in [0.15, 0.2) is 5.69 Å². The molecule has 0 fully saturated rings. The quantitative estimate of drug-likeness (QED) is 0.833. The number of carbonyl (C=O) groups is 1. The van der Waals surface area contributed by atoms with Gasteiger partial charge in [-0.25, -0.2) is 19.2 Å². The molecule has 0 spiro atoms.